The van der Waals surface area contributed by atoms with E-state index in [9.17, 15) is 5.11 Å². The van der Waals surface area contributed by atoms with E-state index in [-0.39, 0.29) is 6.04 Å². The number of phenols is 1. The van der Waals surface area contributed by atoms with Gasteiger partial charge in [-0.15, -0.1) is 0 Å². The molecule has 0 spiro atoms. The van der Waals surface area contributed by atoms with E-state index in [2.05, 4.69) is 0 Å². The van der Waals surface area contributed by atoms with Crippen molar-refractivity contribution in [3.63, 3.8) is 0 Å². The van der Waals surface area contributed by atoms with Crippen LogP contribution < -0.4 is 5.73 Å². The van der Waals surface area contributed by atoms with Crippen LogP contribution in [-0.4, -0.2) is 5.11 Å². The molecule has 3 N–H and O–H groups in total. The fraction of sp³-hybridized carbons (Fsp3) is 0.455. The molecule has 0 heterocycles. The molecule has 0 amide bonds. The van der Waals surface area contributed by atoms with Gasteiger partial charge in [0.1, 0.15) is 5.75 Å². The van der Waals surface area contributed by atoms with Gasteiger partial charge in [0.05, 0.1) is 0 Å². The standard InChI is InChI=1S/C11H15NO/c1-7-2-3-9(6-10(7)13)11(12)8-4-5-8/h2-3,6,8,11,13H,4-5,12H2,1H3. The third-order valence-corrected chi connectivity index (χ3v) is 2.75. The van der Waals surface area contributed by atoms with Gasteiger partial charge in [-0.25, -0.2) is 0 Å². The molecule has 1 aliphatic carbocycles. The van der Waals surface area contributed by atoms with Crippen LogP contribution in [-0.2, 0) is 0 Å². The molecule has 1 atom stereocenters. The lowest BCUT2D eigenvalue weighted by molar-refractivity contribution is 0.468. The summed E-state index contributed by atoms with van der Waals surface area (Å²) in [4.78, 5) is 0. The lowest BCUT2D eigenvalue weighted by atomic mass is 10.0. The third-order valence-electron chi connectivity index (χ3n) is 2.75. The van der Waals surface area contributed by atoms with E-state index in [1.165, 1.54) is 12.8 Å². The highest BCUT2D eigenvalue weighted by Gasteiger charge is 2.29. The van der Waals surface area contributed by atoms with Gasteiger partial charge < -0.3 is 10.8 Å². The molecule has 0 radical (unpaired) electrons. The second-order valence-corrected chi connectivity index (χ2v) is 3.91. The molecular weight excluding hydrogens is 162 g/mol. The summed E-state index contributed by atoms with van der Waals surface area (Å²) in [6.45, 7) is 1.89. The number of aryl methyl sites for hydroxylation is 1. The van der Waals surface area contributed by atoms with Crippen molar-refractivity contribution in [1.29, 1.82) is 0 Å². The molecule has 1 aromatic carbocycles. The highest BCUT2D eigenvalue weighted by Crippen LogP contribution is 2.40. The SMILES string of the molecule is Cc1ccc(C(N)C2CC2)cc1O. The first-order valence-corrected chi connectivity index (χ1v) is 4.73. The number of rotatable bonds is 2. The van der Waals surface area contributed by atoms with E-state index in [4.69, 9.17) is 5.73 Å². The van der Waals surface area contributed by atoms with Crippen molar-refractivity contribution in [2.45, 2.75) is 25.8 Å². The van der Waals surface area contributed by atoms with Crippen LogP contribution in [0.25, 0.3) is 0 Å². The zero-order chi connectivity index (χ0) is 9.42. The topological polar surface area (TPSA) is 46.2 Å². The Morgan fingerprint density at radius 1 is 1.46 bits per heavy atom. The Morgan fingerprint density at radius 2 is 2.15 bits per heavy atom. The Balaban J connectivity index is 2.24. The summed E-state index contributed by atoms with van der Waals surface area (Å²) >= 11 is 0. The van der Waals surface area contributed by atoms with Gasteiger partial charge >= 0.3 is 0 Å². The molecular formula is C11H15NO. The predicted octanol–water partition coefficient (Wildman–Crippen LogP) is 2.11. The van der Waals surface area contributed by atoms with E-state index < -0.39 is 0 Å². The molecule has 0 aliphatic heterocycles. The normalized spacial score (nSPS) is 18.6. The van der Waals surface area contributed by atoms with Crippen LogP contribution >= 0.6 is 0 Å². The van der Waals surface area contributed by atoms with E-state index in [0.717, 1.165) is 11.1 Å². The van der Waals surface area contributed by atoms with Crippen LogP contribution in [0.2, 0.25) is 0 Å². The van der Waals surface area contributed by atoms with Crippen molar-refractivity contribution in [1.82, 2.24) is 0 Å². The van der Waals surface area contributed by atoms with Crippen LogP contribution in [0, 0.1) is 12.8 Å². The van der Waals surface area contributed by atoms with E-state index in [1.54, 1.807) is 6.07 Å². The zero-order valence-corrected chi connectivity index (χ0v) is 7.83. The molecule has 0 saturated heterocycles. The van der Waals surface area contributed by atoms with E-state index in [0.29, 0.717) is 11.7 Å². The fourth-order valence-corrected chi connectivity index (χ4v) is 1.56. The Kier molecular flexibility index (Phi) is 2.00. The summed E-state index contributed by atoms with van der Waals surface area (Å²) < 4.78 is 0. The summed E-state index contributed by atoms with van der Waals surface area (Å²) in [7, 11) is 0. The van der Waals surface area contributed by atoms with E-state index in [1.807, 2.05) is 19.1 Å². The molecule has 70 valence electrons. The smallest absolute Gasteiger partial charge is 0.118 e. The highest BCUT2D eigenvalue weighted by atomic mass is 16.3. The van der Waals surface area contributed by atoms with Gasteiger partial charge in [0, 0.05) is 6.04 Å². The minimum Gasteiger partial charge on any atom is -0.508 e. The van der Waals surface area contributed by atoms with Gasteiger partial charge in [-0.1, -0.05) is 12.1 Å². The van der Waals surface area contributed by atoms with Crippen LogP contribution in [0.4, 0.5) is 0 Å². The van der Waals surface area contributed by atoms with Crippen LogP contribution in [0.15, 0.2) is 18.2 Å². The minimum absolute atomic E-state index is 0.117. The average Bonchev–Trinajstić information content (AvgIpc) is 2.91. The molecule has 1 fully saturated rings. The molecule has 1 unspecified atom stereocenters. The quantitative estimate of drug-likeness (QED) is 0.726. The molecule has 13 heavy (non-hydrogen) atoms. The number of nitrogens with two attached hydrogens (primary N) is 1. The van der Waals surface area contributed by atoms with Gasteiger partial charge in [0.25, 0.3) is 0 Å². The van der Waals surface area contributed by atoms with Gasteiger partial charge in [-0.3, -0.25) is 0 Å². The van der Waals surface area contributed by atoms with Crippen molar-refractivity contribution in [3.8, 4) is 5.75 Å². The van der Waals surface area contributed by atoms with Crippen molar-refractivity contribution in [2.24, 2.45) is 11.7 Å². The first-order chi connectivity index (χ1) is 6.18. The van der Waals surface area contributed by atoms with Crippen LogP contribution in [0.3, 0.4) is 0 Å². The van der Waals surface area contributed by atoms with Crippen molar-refractivity contribution in [3.05, 3.63) is 29.3 Å². The maximum Gasteiger partial charge on any atom is 0.118 e. The average molecular weight is 177 g/mol. The maximum absolute atomic E-state index is 9.50. The summed E-state index contributed by atoms with van der Waals surface area (Å²) in [6.07, 6.45) is 2.46. The monoisotopic (exact) mass is 177 g/mol. The first kappa shape index (κ1) is 8.57. The largest absolute Gasteiger partial charge is 0.508 e. The fourth-order valence-electron chi connectivity index (χ4n) is 1.56. The molecule has 1 aliphatic rings. The molecule has 1 saturated carbocycles. The highest BCUT2D eigenvalue weighted by molar-refractivity contribution is 5.37. The molecule has 2 rings (SSSR count). The summed E-state index contributed by atoms with van der Waals surface area (Å²) in [6, 6.07) is 5.84. The van der Waals surface area contributed by atoms with E-state index >= 15 is 0 Å². The lowest BCUT2D eigenvalue weighted by Gasteiger charge is -2.11. The van der Waals surface area contributed by atoms with Gasteiger partial charge in [0.2, 0.25) is 0 Å². The predicted molar refractivity (Wildman–Crippen MR) is 52.5 cm³/mol. The second-order valence-electron chi connectivity index (χ2n) is 3.91. The third kappa shape index (κ3) is 1.68. The Labute approximate surface area is 78.4 Å². The summed E-state index contributed by atoms with van der Waals surface area (Å²) in [5.41, 5.74) is 7.98. The Bertz CT molecular complexity index is 318. The first-order valence-electron chi connectivity index (χ1n) is 4.73. The lowest BCUT2D eigenvalue weighted by Crippen LogP contribution is -2.12. The van der Waals surface area contributed by atoms with Gasteiger partial charge in [-0.05, 0) is 42.9 Å². The second kappa shape index (κ2) is 3.04. The molecule has 0 bridgehead atoms. The van der Waals surface area contributed by atoms with Gasteiger partial charge in [-0.2, -0.15) is 0 Å². The summed E-state index contributed by atoms with van der Waals surface area (Å²) in [5.74, 6) is 0.996. The number of aromatic hydroxyl groups is 1. The van der Waals surface area contributed by atoms with Crippen molar-refractivity contribution < 1.29 is 5.11 Å². The minimum atomic E-state index is 0.117. The van der Waals surface area contributed by atoms with Crippen LogP contribution in [0.1, 0.15) is 30.0 Å². The Hall–Kier alpha value is -1.02. The summed E-state index contributed by atoms with van der Waals surface area (Å²) in [5, 5.41) is 9.50. The Morgan fingerprint density at radius 3 is 2.69 bits per heavy atom. The molecule has 1 aromatic rings. The number of hydrogen-bond acceptors (Lipinski definition) is 2. The number of hydrogen-bond donors (Lipinski definition) is 2. The molecule has 2 heteroatoms. The number of phenolic OH excluding ortho intramolecular Hbond substituents is 1. The maximum atomic E-state index is 9.50. The van der Waals surface area contributed by atoms with Crippen LogP contribution in [0.5, 0.6) is 5.75 Å². The zero-order valence-electron chi connectivity index (χ0n) is 7.83. The van der Waals surface area contributed by atoms with Crippen molar-refractivity contribution in [2.75, 3.05) is 0 Å². The van der Waals surface area contributed by atoms with Gasteiger partial charge in [0.15, 0.2) is 0 Å². The molecule has 2 nitrogen and oxygen atoms in total. The molecule has 0 aromatic heterocycles. The van der Waals surface area contributed by atoms with Crippen molar-refractivity contribution >= 4 is 0 Å². The number of benzene rings is 1.